The summed E-state index contributed by atoms with van der Waals surface area (Å²) >= 11 is 0. The highest BCUT2D eigenvalue weighted by Crippen LogP contribution is 2.35. The molecular weight excluding hydrogens is 409 g/mol. The molecule has 0 N–H and O–H groups in total. The van der Waals surface area contributed by atoms with Crippen molar-refractivity contribution in [3.63, 3.8) is 0 Å². The highest BCUT2D eigenvalue weighted by Gasteiger charge is 2.20. The molecule has 1 aliphatic rings. The fourth-order valence-corrected chi connectivity index (χ4v) is 5.12. The Hall–Kier alpha value is -2.49. The van der Waals surface area contributed by atoms with Crippen molar-refractivity contribution < 1.29 is 17.9 Å². The molecule has 1 nitrogen and oxygen atoms in total. The van der Waals surface area contributed by atoms with Gasteiger partial charge < -0.3 is 4.74 Å². The molecule has 0 unspecified atom stereocenters. The maximum Gasteiger partial charge on any atom is 0.387 e. The molecule has 0 heterocycles. The van der Waals surface area contributed by atoms with E-state index in [2.05, 4.69) is 17.7 Å². The Balaban J connectivity index is 1.43. The number of fused-ring (bicyclic) bond motifs is 1. The number of halogens is 3. The maximum atomic E-state index is 15.2. The minimum Gasteiger partial charge on any atom is -0.435 e. The third-order valence-corrected chi connectivity index (χ3v) is 6.91. The van der Waals surface area contributed by atoms with E-state index in [-0.39, 0.29) is 11.6 Å². The van der Waals surface area contributed by atoms with Gasteiger partial charge in [-0.05, 0) is 53.3 Å². The van der Waals surface area contributed by atoms with Gasteiger partial charge in [0.25, 0.3) is 0 Å². The third kappa shape index (κ3) is 5.46. The van der Waals surface area contributed by atoms with Gasteiger partial charge in [0.15, 0.2) is 0 Å². The molecule has 0 atom stereocenters. The number of ether oxygens (including phenoxy) is 1. The van der Waals surface area contributed by atoms with Gasteiger partial charge in [0.2, 0.25) is 0 Å². The van der Waals surface area contributed by atoms with Crippen LogP contribution in [0.15, 0.2) is 54.6 Å². The molecule has 3 aromatic rings. The zero-order chi connectivity index (χ0) is 22.5. The lowest BCUT2D eigenvalue weighted by atomic mass is 9.78. The van der Waals surface area contributed by atoms with E-state index >= 15 is 4.39 Å². The van der Waals surface area contributed by atoms with Crippen molar-refractivity contribution in [2.45, 2.75) is 64.9 Å². The highest BCUT2D eigenvalue weighted by molar-refractivity contribution is 5.88. The van der Waals surface area contributed by atoms with Crippen molar-refractivity contribution in [3.8, 4) is 16.9 Å². The van der Waals surface area contributed by atoms with Crippen LogP contribution in [0.3, 0.4) is 0 Å². The summed E-state index contributed by atoms with van der Waals surface area (Å²) in [4.78, 5) is 0. The zero-order valence-electron chi connectivity index (χ0n) is 18.6. The molecule has 4 heteroatoms. The number of hydrogen-bond donors (Lipinski definition) is 0. The van der Waals surface area contributed by atoms with E-state index in [1.165, 1.54) is 62.6 Å². The van der Waals surface area contributed by atoms with Crippen LogP contribution in [-0.2, 0) is 6.42 Å². The summed E-state index contributed by atoms with van der Waals surface area (Å²) < 4.78 is 44.3. The number of hydrogen-bond acceptors (Lipinski definition) is 1. The second-order valence-corrected chi connectivity index (χ2v) is 9.10. The van der Waals surface area contributed by atoms with Crippen LogP contribution in [0.5, 0.6) is 5.75 Å². The van der Waals surface area contributed by atoms with E-state index in [1.54, 1.807) is 18.2 Å². The van der Waals surface area contributed by atoms with E-state index < -0.39 is 6.61 Å². The van der Waals surface area contributed by atoms with Gasteiger partial charge in [-0.25, -0.2) is 4.39 Å². The molecule has 4 rings (SSSR count). The molecule has 0 spiro atoms. The van der Waals surface area contributed by atoms with Gasteiger partial charge in [-0.1, -0.05) is 87.9 Å². The molecule has 0 aromatic heterocycles. The number of aryl methyl sites for hydroxylation is 1. The lowest BCUT2D eigenvalue weighted by Gasteiger charge is -2.28. The average Bonchev–Trinajstić information content (AvgIpc) is 2.79. The Morgan fingerprint density at radius 3 is 2.22 bits per heavy atom. The first-order chi connectivity index (χ1) is 15.5. The first kappa shape index (κ1) is 22.7. The molecule has 0 bridgehead atoms. The van der Waals surface area contributed by atoms with Crippen molar-refractivity contribution in [3.05, 3.63) is 66.0 Å². The van der Waals surface area contributed by atoms with Crippen LogP contribution < -0.4 is 4.74 Å². The van der Waals surface area contributed by atoms with Gasteiger partial charge in [-0.3, -0.25) is 0 Å². The maximum absolute atomic E-state index is 15.2. The molecule has 0 aliphatic heterocycles. The summed E-state index contributed by atoms with van der Waals surface area (Å²) in [6.45, 7) is -0.595. The number of alkyl halides is 2. The monoisotopic (exact) mass is 440 g/mol. The smallest absolute Gasteiger partial charge is 0.387 e. The molecule has 0 radical (unpaired) electrons. The van der Waals surface area contributed by atoms with Gasteiger partial charge >= 0.3 is 6.61 Å². The predicted molar refractivity (Wildman–Crippen MR) is 125 cm³/mol. The van der Waals surface area contributed by atoms with Crippen molar-refractivity contribution in [2.24, 2.45) is 11.8 Å². The summed E-state index contributed by atoms with van der Waals surface area (Å²) in [5, 5.41) is 1.48. The van der Waals surface area contributed by atoms with Crippen LogP contribution in [-0.4, -0.2) is 6.61 Å². The van der Waals surface area contributed by atoms with Crippen LogP contribution in [0.2, 0.25) is 0 Å². The fraction of sp³-hybridized carbons (Fsp3) is 0.429. The molecule has 3 aromatic carbocycles. The lowest BCUT2D eigenvalue weighted by Crippen LogP contribution is -2.15. The van der Waals surface area contributed by atoms with Crippen molar-refractivity contribution in [1.82, 2.24) is 0 Å². The number of benzene rings is 3. The summed E-state index contributed by atoms with van der Waals surface area (Å²) in [5.41, 5.74) is 2.35. The topological polar surface area (TPSA) is 9.23 Å². The van der Waals surface area contributed by atoms with Crippen LogP contribution in [0, 0.1) is 17.7 Å². The first-order valence-corrected chi connectivity index (χ1v) is 11.8. The molecule has 1 aliphatic carbocycles. The van der Waals surface area contributed by atoms with Crippen molar-refractivity contribution in [2.75, 3.05) is 0 Å². The van der Waals surface area contributed by atoms with Crippen LogP contribution in [0.25, 0.3) is 21.9 Å². The molecule has 32 heavy (non-hydrogen) atoms. The second-order valence-electron chi connectivity index (χ2n) is 9.10. The Morgan fingerprint density at radius 2 is 1.56 bits per heavy atom. The minimum atomic E-state index is -2.87. The first-order valence-electron chi connectivity index (χ1n) is 11.8. The standard InChI is InChI=1S/C28H31F3O/c1-2-3-19-4-6-20(7-5-19)8-9-21-10-16-26-23(18-21)13-17-25(27(26)29)22-11-14-24(15-12-22)32-28(30)31/h10-20,28H,2-9H2,1H3. The summed E-state index contributed by atoms with van der Waals surface area (Å²) in [6.07, 6.45) is 10.3. The Kier molecular flexibility index (Phi) is 7.39. The van der Waals surface area contributed by atoms with Crippen LogP contribution in [0.4, 0.5) is 13.2 Å². The fourth-order valence-electron chi connectivity index (χ4n) is 5.12. The quantitative estimate of drug-likeness (QED) is 0.340. The van der Waals surface area contributed by atoms with Gasteiger partial charge in [-0.15, -0.1) is 0 Å². The third-order valence-electron chi connectivity index (χ3n) is 6.91. The van der Waals surface area contributed by atoms with E-state index in [1.807, 2.05) is 18.2 Å². The molecule has 1 fully saturated rings. The normalized spacial score (nSPS) is 18.9. The van der Waals surface area contributed by atoms with E-state index in [4.69, 9.17) is 0 Å². The SMILES string of the molecule is CCCC1CCC(CCc2ccc3c(F)c(-c4ccc(OC(F)F)cc4)ccc3c2)CC1. The van der Waals surface area contributed by atoms with Crippen molar-refractivity contribution in [1.29, 1.82) is 0 Å². The van der Waals surface area contributed by atoms with E-state index in [0.717, 1.165) is 23.6 Å². The molecule has 170 valence electrons. The highest BCUT2D eigenvalue weighted by atomic mass is 19.3. The molecule has 0 saturated heterocycles. The largest absolute Gasteiger partial charge is 0.435 e. The second kappa shape index (κ2) is 10.4. The van der Waals surface area contributed by atoms with Crippen LogP contribution >= 0.6 is 0 Å². The van der Waals surface area contributed by atoms with Gasteiger partial charge in [-0.2, -0.15) is 8.78 Å². The predicted octanol–water partition coefficient (Wildman–Crippen LogP) is 8.79. The van der Waals surface area contributed by atoms with Gasteiger partial charge in [0, 0.05) is 10.9 Å². The Morgan fingerprint density at radius 1 is 0.875 bits per heavy atom. The summed E-state index contributed by atoms with van der Waals surface area (Å²) in [7, 11) is 0. The zero-order valence-corrected chi connectivity index (χ0v) is 18.6. The van der Waals surface area contributed by atoms with Gasteiger partial charge in [0.05, 0.1) is 0 Å². The van der Waals surface area contributed by atoms with Crippen LogP contribution in [0.1, 0.15) is 57.4 Å². The molecular formula is C28H31F3O. The molecule has 0 amide bonds. The van der Waals surface area contributed by atoms with Gasteiger partial charge in [0.1, 0.15) is 11.6 Å². The number of rotatable bonds is 8. The Bertz CT molecular complexity index is 1020. The summed E-state index contributed by atoms with van der Waals surface area (Å²) in [5.74, 6) is 1.52. The van der Waals surface area contributed by atoms with Crippen molar-refractivity contribution >= 4 is 10.8 Å². The Labute approximate surface area is 188 Å². The lowest BCUT2D eigenvalue weighted by molar-refractivity contribution is -0.0498. The summed E-state index contributed by atoms with van der Waals surface area (Å²) in [6, 6.07) is 15.8. The average molecular weight is 441 g/mol. The van der Waals surface area contributed by atoms with E-state index in [0.29, 0.717) is 16.5 Å². The molecule has 1 saturated carbocycles. The van der Waals surface area contributed by atoms with E-state index in [9.17, 15) is 8.78 Å². The minimum absolute atomic E-state index is 0.0634.